The molecule has 6 nitrogen and oxygen atoms in total. The van der Waals surface area contributed by atoms with Crippen molar-refractivity contribution in [1.82, 2.24) is 10.2 Å². The first-order valence-electron chi connectivity index (χ1n) is 7.76. The van der Waals surface area contributed by atoms with Gasteiger partial charge in [-0.15, -0.1) is 0 Å². The first-order chi connectivity index (χ1) is 10.9. The number of carboxylic acid groups (broad SMARTS) is 1. The summed E-state index contributed by atoms with van der Waals surface area (Å²) in [5.41, 5.74) is 1.08. The van der Waals surface area contributed by atoms with Crippen molar-refractivity contribution in [2.45, 2.75) is 27.2 Å². The minimum Gasteiger partial charge on any atom is -0.480 e. The van der Waals surface area contributed by atoms with Crippen molar-refractivity contribution in [3.8, 4) is 0 Å². The molecule has 3 N–H and O–H groups in total. The van der Waals surface area contributed by atoms with Gasteiger partial charge in [0.15, 0.2) is 0 Å². The lowest BCUT2D eigenvalue weighted by molar-refractivity contribution is -0.135. The minimum absolute atomic E-state index is 0.157. The van der Waals surface area contributed by atoms with Gasteiger partial charge in [-0.25, -0.2) is 4.79 Å². The van der Waals surface area contributed by atoms with E-state index in [-0.39, 0.29) is 13.2 Å². The van der Waals surface area contributed by atoms with E-state index in [9.17, 15) is 9.59 Å². The van der Waals surface area contributed by atoms with Gasteiger partial charge >= 0.3 is 12.0 Å². The van der Waals surface area contributed by atoms with Crippen LogP contribution in [0.1, 0.15) is 26.3 Å². The van der Waals surface area contributed by atoms with Crippen LogP contribution < -0.4 is 5.32 Å². The number of carbonyl (C=O) groups is 2. The van der Waals surface area contributed by atoms with Crippen molar-refractivity contribution in [2.75, 3.05) is 26.2 Å². The summed E-state index contributed by atoms with van der Waals surface area (Å²) in [6.07, 6.45) is 0.654. The molecule has 1 aromatic rings. The molecule has 0 saturated carbocycles. The molecule has 0 bridgehead atoms. The number of hydrogen-bond acceptors (Lipinski definition) is 3. The quantitative estimate of drug-likeness (QED) is 0.715. The fourth-order valence-electron chi connectivity index (χ4n) is 1.61. The maximum Gasteiger partial charge on any atom is 0.323 e. The Morgan fingerprint density at radius 1 is 1.13 bits per heavy atom. The van der Waals surface area contributed by atoms with Crippen LogP contribution in [0, 0.1) is 5.92 Å². The summed E-state index contributed by atoms with van der Waals surface area (Å²) in [4.78, 5) is 23.5. The van der Waals surface area contributed by atoms with Crippen LogP contribution >= 0.6 is 0 Å². The number of carboxylic acids is 1. The molecule has 23 heavy (non-hydrogen) atoms. The Balaban J connectivity index is 0.00000108. The van der Waals surface area contributed by atoms with Crippen molar-refractivity contribution in [2.24, 2.45) is 5.92 Å². The molecule has 1 rings (SSSR count). The molecular formula is C17H28N2O4. The summed E-state index contributed by atoms with van der Waals surface area (Å²) in [6, 6.07) is 9.16. The summed E-state index contributed by atoms with van der Waals surface area (Å²) in [6.45, 7) is 6.52. The molecule has 1 aromatic carbocycles. The van der Waals surface area contributed by atoms with E-state index in [0.717, 1.165) is 11.5 Å². The number of urea groups is 1. The number of benzene rings is 1. The van der Waals surface area contributed by atoms with Crippen molar-refractivity contribution in [1.29, 1.82) is 0 Å². The standard InChI is InChI=1S/C13H18N2O4.C4H10/c16-9-8-15(13(19)14-10-12(17)18)7-6-11-4-2-1-3-5-11;1-4(2)3/h1-5,16H,6-10H2,(H,14,19)(H,17,18);4H,1-3H3. The minimum atomic E-state index is -1.10. The summed E-state index contributed by atoms with van der Waals surface area (Å²) < 4.78 is 0. The number of hydrogen-bond donors (Lipinski definition) is 3. The first-order valence-corrected chi connectivity index (χ1v) is 7.76. The zero-order valence-corrected chi connectivity index (χ0v) is 14.2. The van der Waals surface area contributed by atoms with Crippen LogP contribution in [0.25, 0.3) is 0 Å². The molecule has 0 aromatic heterocycles. The van der Waals surface area contributed by atoms with Crippen molar-refractivity contribution >= 4 is 12.0 Å². The van der Waals surface area contributed by atoms with Crippen molar-refractivity contribution in [3.05, 3.63) is 35.9 Å². The third-order valence-corrected chi connectivity index (χ3v) is 2.56. The second kappa shape index (κ2) is 12.5. The molecule has 0 radical (unpaired) electrons. The lowest BCUT2D eigenvalue weighted by Gasteiger charge is -2.21. The first kappa shape index (κ1) is 20.9. The molecule has 6 heteroatoms. The highest BCUT2D eigenvalue weighted by molar-refractivity contribution is 5.79. The lowest BCUT2D eigenvalue weighted by atomic mass is 10.1. The molecule has 0 aliphatic carbocycles. The lowest BCUT2D eigenvalue weighted by Crippen LogP contribution is -2.44. The van der Waals surface area contributed by atoms with E-state index in [4.69, 9.17) is 10.2 Å². The van der Waals surface area contributed by atoms with Crippen molar-refractivity contribution < 1.29 is 19.8 Å². The molecule has 0 saturated heterocycles. The summed E-state index contributed by atoms with van der Waals surface area (Å²) in [5.74, 6) is -0.264. The Hall–Kier alpha value is -2.08. The van der Waals surface area contributed by atoms with Gasteiger partial charge in [0, 0.05) is 13.1 Å². The topological polar surface area (TPSA) is 89.9 Å². The predicted molar refractivity (Wildman–Crippen MR) is 90.4 cm³/mol. The van der Waals surface area contributed by atoms with Crippen LogP contribution in [0.2, 0.25) is 0 Å². The van der Waals surface area contributed by atoms with Crippen LogP contribution in [0.15, 0.2) is 30.3 Å². The molecular weight excluding hydrogens is 296 g/mol. The molecule has 0 heterocycles. The van der Waals surface area contributed by atoms with E-state index in [0.29, 0.717) is 13.0 Å². The van der Waals surface area contributed by atoms with Gasteiger partial charge in [0.1, 0.15) is 6.54 Å². The molecule has 0 aliphatic heterocycles. The second-order valence-electron chi connectivity index (χ2n) is 5.73. The van der Waals surface area contributed by atoms with Crippen LogP contribution in [0.4, 0.5) is 4.79 Å². The van der Waals surface area contributed by atoms with Gasteiger partial charge in [-0.3, -0.25) is 4.79 Å². The Morgan fingerprint density at radius 3 is 2.17 bits per heavy atom. The maximum absolute atomic E-state index is 11.7. The van der Waals surface area contributed by atoms with Crippen LogP contribution in [-0.4, -0.2) is 53.4 Å². The third-order valence-electron chi connectivity index (χ3n) is 2.56. The molecule has 0 aliphatic rings. The fraction of sp³-hybridized carbons (Fsp3) is 0.529. The monoisotopic (exact) mass is 324 g/mol. The van der Waals surface area contributed by atoms with Gasteiger partial charge in [0.2, 0.25) is 0 Å². The number of aliphatic hydroxyl groups excluding tert-OH is 1. The molecule has 0 spiro atoms. The molecule has 130 valence electrons. The highest BCUT2D eigenvalue weighted by Crippen LogP contribution is 2.01. The number of aliphatic hydroxyl groups is 1. The summed E-state index contributed by atoms with van der Waals surface area (Å²) >= 11 is 0. The Morgan fingerprint density at radius 2 is 1.70 bits per heavy atom. The number of amides is 2. The second-order valence-corrected chi connectivity index (χ2v) is 5.73. The van der Waals surface area contributed by atoms with E-state index < -0.39 is 18.5 Å². The molecule has 0 fully saturated rings. The number of nitrogens with one attached hydrogen (secondary N) is 1. The molecule has 0 unspecified atom stereocenters. The normalized spacial score (nSPS) is 9.78. The van der Waals surface area contributed by atoms with E-state index in [1.54, 1.807) is 0 Å². The number of aliphatic carboxylic acids is 1. The largest absolute Gasteiger partial charge is 0.480 e. The highest BCUT2D eigenvalue weighted by atomic mass is 16.4. The van der Waals surface area contributed by atoms with Crippen molar-refractivity contribution in [3.63, 3.8) is 0 Å². The SMILES string of the molecule is CC(C)C.O=C(O)CNC(=O)N(CCO)CCc1ccccc1. The van der Waals surface area contributed by atoms with E-state index in [1.807, 2.05) is 30.3 Å². The van der Waals surface area contributed by atoms with Gasteiger partial charge in [-0.05, 0) is 17.9 Å². The van der Waals surface area contributed by atoms with Gasteiger partial charge in [-0.1, -0.05) is 51.1 Å². The van der Waals surface area contributed by atoms with Crippen LogP contribution in [-0.2, 0) is 11.2 Å². The average molecular weight is 324 g/mol. The highest BCUT2D eigenvalue weighted by Gasteiger charge is 2.13. The number of rotatable bonds is 7. The zero-order valence-electron chi connectivity index (χ0n) is 14.2. The maximum atomic E-state index is 11.7. The average Bonchev–Trinajstić information content (AvgIpc) is 2.49. The molecule has 2 amide bonds. The number of nitrogens with zero attached hydrogens (tertiary/aromatic N) is 1. The summed E-state index contributed by atoms with van der Waals surface area (Å²) in [5, 5.41) is 19.7. The van der Waals surface area contributed by atoms with Gasteiger partial charge in [0.25, 0.3) is 0 Å². The molecule has 0 atom stereocenters. The van der Waals surface area contributed by atoms with Gasteiger partial charge < -0.3 is 20.4 Å². The number of carbonyl (C=O) groups excluding carboxylic acids is 1. The zero-order chi connectivity index (χ0) is 17.7. The fourth-order valence-corrected chi connectivity index (χ4v) is 1.61. The van der Waals surface area contributed by atoms with Crippen LogP contribution in [0.3, 0.4) is 0 Å². The van der Waals surface area contributed by atoms with Gasteiger partial charge in [0.05, 0.1) is 6.61 Å². The van der Waals surface area contributed by atoms with Gasteiger partial charge in [-0.2, -0.15) is 0 Å². The van der Waals surface area contributed by atoms with Crippen LogP contribution in [0.5, 0.6) is 0 Å². The summed E-state index contributed by atoms with van der Waals surface area (Å²) in [7, 11) is 0. The van der Waals surface area contributed by atoms with E-state index in [2.05, 4.69) is 26.1 Å². The Bertz CT molecular complexity index is 446. The van der Waals surface area contributed by atoms with E-state index in [1.165, 1.54) is 4.90 Å². The third kappa shape index (κ3) is 12.2. The Kier molecular flexibility index (Phi) is 11.3. The smallest absolute Gasteiger partial charge is 0.323 e. The Labute approximate surface area is 138 Å². The predicted octanol–water partition coefficient (Wildman–Crippen LogP) is 1.98. The van der Waals surface area contributed by atoms with E-state index >= 15 is 0 Å².